The van der Waals surface area contributed by atoms with Crippen LogP contribution >= 0.6 is 23.1 Å². The lowest BCUT2D eigenvalue weighted by atomic mass is 10.1. The number of oxazole rings is 1. The molecule has 1 aliphatic heterocycles. The zero-order valence-electron chi connectivity index (χ0n) is 14.7. The Hall–Kier alpha value is -2.84. The van der Waals surface area contributed by atoms with Crippen molar-refractivity contribution in [2.24, 2.45) is 0 Å². The quantitative estimate of drug-likeness (QED) is 0.485. The van der Waals surface area contributed by atoms with Crippen molar-refractivity contribution in [2.75, 3.05) is 17.7 Å². The molecule has 0 saturated carbocycles. The van der Waals surface area contributed by atoms with Crippen molar-refractivity contribution in [3.8, 4) is 17.0 Å². The Kier molecular flexibility index (Phi) is 4.50. The van der Waals surface area contributed by atoms with Gasteiger partial charge in [0.15, 0.2) is 10.7 Å². The van der Waals surface area contributed by atoms with Crippen LogP contribution in [-0.2, 0) is 11.2 Å². The molecule has 4 aromatic rings. The van der Waals surface area contributed by atoms with Gasteiger partial charge in [0.05, 0.1) is 18.1 Å². The molecule has 0 radical (unpaired) electrons. The number of nitrogens with one attached hydrogen (secondary N) is 1. The van der Waals surface area contributed by atoms with Gasteiger partial charge in [0.25, 0.3) is 5.22 Å². The van der Waals surface area contributed by atoms with Crippen molar-refractivity contribution in [3.63, 3.8) is 0 Å². The minimum absolute atomic E-state index is 0.143. The molecule has 0 spiro atoms. The first-order chi connectivity index (χ1) is 13.7. The summed E-state index contributed by atoms with van der Waals surface area (Å²) in [5.41, 5.74) is 4.58. The van der Waals surface area contributed by atoms with Crippen molar-refractivity contribution in [1.29, 1.82) is 0 Å². The topological polar surface area (TPSA) is 77.3 Å². The van der Waals surface area contributed by atoms with E-state index in [4.69, 9.17) is 9.15 Å². The fourth-order valence-electron chi connectivity index (χ4n) is 3.01. The number of nitrogens with zero attached hydrogens (tertiary/aromatic N) is 2. The second-order valence-corrected chi connectivity index (χ2v) is 8.03. The highest BCUT2D eigenvalue weighted by Crippen LogP contribution is 2.32. The second-order valence-electron chi connectivity index (χ2n) is 6.24. The van der Waals surface area contributed by atoms with E-state index in [1.54, 1.807) is 0 Å². The molecule has 2 aromatic carbocycles. The number of carbonyl (C=O) groups excluding carboxylic acids is 1. The standard InChI is InChI=1S/C20H15N3O3S2/c24-18(11-28-20-22-14-3-1-2-4-17(14)26-20)23-19-21-15(10-27-19)12-5-6-16-13(9-12)7-8-25-16/h1-6,9-10H,7-8,11H2,(H,21,23,24). The number of fused-ring (bicyclic) bond motifs is 2. The number of aromatic nitrogens is 2. The molecule has 8 heteroatoms. The van der Waals surface area contributed by atoms with Crippen LogP contribution in [0.25, 0.3) is 22.4 Å². The first-order valence-electron chi connectivity index (χ1n) is 8.74. The zero-order chi connectivity index (χ0) is 18.9. The first kappa shape index (κ1) is 17.3. The highest BCUT2D eigenvalue weighted by Gasteiger charge is 2.15. The van der Waals surface area contributed by atoms with Crippen LogP contribution < -0.4 is 10.1 Å². The van der Waals surface area contributed by atoms with E-state index in [2.05, 4.69) is 21.4 Å². The Morgan fingerprint density at radius 2 is 2.14 bits per heavy atom. The summed E-state index contributed by atoms with van der Waals surface area (Å²) in [6.07, 6.45) is 0.921. The first-order valence-corrected chi connectivity index (χ1v) is 10.6. The Balaban J connectivity index is 1.22. The molecule has 28 heavy (non-hydrogen) atoms. The van der Waals surface area contributed by atoms with Crippen molar-refractivity contribution < 1.29 is 13.9 Å². The number of para-hydroxylation sites is 2. The number of rotatable bonds is 5. The van der Waals surface area contributed by atoms with Crippen LogP contribution in [0, 0.1) is 0 Å². The smallest absolute Gasteiger partial charge is 0.257 e. The summed E-state index contributed by atoms with van der Waals surface area (Å²) in [6.45, 7) is 0.731. The fourth-order valence-corrected chi connectivity index (χ4v) is 4.38. The van der Waals surface area contributed by atoms with Crippen molar-refractivity contribution in [3.05, 3.63) is 53.4 Å². The summed E-state index contributed by atoms with van der Waals surface area (Å²) in [4.78, 5) is 21.1. The lowest BCUT2D eigenvalue weighted by Crippen LogP contribution is -2.13. The van der Waals surface area contributed by atoms with Crippen molar-refractivity contribution >= 4 is 45.2 Å². The van der Waals surface area contributed by atoms with E-state index in [0.717, 1.165) is 41.1 Å². The van der Waals surface area contributed by atoms with Gasteiger partial charge in [-0.2, -0.15) is 0 Å². The van der Waals surface area contributed by atoms with Crippen LogP contribution in [0.2, 0.25) is 0 Å². The second kappa shape index (κ2) is 7.29. The van der Waals surface area contributed by atoms with Gasteiger partial charge in [-0.3, -0.25) is 4.79 Å². The molecule has 0 unspecified atom stereocenters. The lowest BCUT2D eigenvalue weighted by Gasteiger charge is -2.02. The number of ether oxygens (including phenoxy) is 1. The molecule has 0 bridgehead atoms. The average molecular weight is 409 g/mol. The lowest BCUT2D eigenvalue weighted by molar-refractivity contribution is -0.113. The van der Waals surface area contributed by atoms with Gasteiger partial charge in [0.2, 0.25) is 5.91 Å². The molecule has 0 fully saturated rings. The molecule has 6 nitrogen and oxygen atoms in total. The Morgan fingerprint density at radius 1 is 1.21 bits per heavy atom. The SMILES string of the molecule is O=C(CSc1nc2ccccc2o1)Nc1nc(-c2ccc3c(c2)CCO3)cs1. The molecule has 3 heterocycles. The monoisotopic (exact) mass is 409 g/mol. The molecule has 0 aliphatic carbocycles. The predicted octanol–water partition coefficient (Wildman–Crippen LogP) is 4.62. The minimum atomic E-state index is -0.143. The molecular formula is C20H15N3O3S2. The molecule has 2 aromatic heterocycles. The van der Waals surface area contributed by atoms with E-state index in [1.165, 1.54) is 28.7 Å². The van der Waals surface area contributed by atoms with E-state index >= 15 is 0 Å². The zero-order valence-corrected chi connectivity index (χ0v) is 16.3. The Labute approximate surface area is 169 Å². The predicted molar refractivity (Wildman–Crippen MR) is 110 cm³/mol. The van der Waals surface area contributed by atoms with Gasteiger partial charge >= 0.3 is 0 Å². The highest BCUT2D eigenvalue weighted by molar-refractivity contribution is 7.99. The molecule has 1 N–H and O–H groups in total. The molecule has 1 amide bonds. The largest absolute Gasteiger partial charge is 0.493 e. The summed E-state index contributed by atoms with van der Waals surface area (Å²) in [5.74, 6) is 1.01. The van der Waals surface area contributed by atoms with E-state index in [9.17, 15) is 4.79 Å². The number of hydrogen-bond donors (Lipinski definition) is 1. The van der Waals surface area contributed by atoms with Gasteiger partial charge in [0.1, 0.15) is 11.3 Å². The normalized spacial score (nSPS) is 12.7. The molecule has 0 atom stereocenters. The molecule has 5 rings (SSSR count). The van der Waals surface area contributed by atoms with Crippen LogP contribution in [-0.4, -0.2) is 28.2 Å². The Morgan fingerprint density at radius 3 is 3.07 bits per heavy atom. The summed E-state index contributed by atoms with van der Waals surface area (Å²) in [7, 11) is 0. The number of thiazole rings is 1. The third-order valence-electron chi connectivity index (χ3n) is 4.34. The van der Waals surface area contributed by atoms with Gasteiger partial charge in [0, 0.05) is 17.4 Å². The van der Waals surface area contributed by atoms with Gasteiger partial charge in [-0.15, -0.1) is 11.3 Å². The van der Waals surface area contributed by atoms with Gasteiger partial charge in [-0.05, 0) is 35.9 Å². The summed E-state index contributed by atoms with van der Waals surface area (Å²) >= 11 is 2.67. The van der Waals surface area contributed by atoms with Gasteiger partial charge in [-0.1, -0.05) is 23.9 Å². The van der Waals surface area contributed by atoms with E-state index in [0.29, 0.717) is 10.4 Å². The molecule has 140 valence electrons. The number of anilines is 1. The summed E-state index contributed by atoms with van der Waals surface area (Å²) < 4.78 is 11.2. The maximum Gasteiger partial charge on any atom is 0.257 e. The van der Waals surface area contributed by atoms with Crippen molar-refractivity contribution in [2.45, 2.75) is 11.6 Å². The maximum atomic E-state index is 12.2. The van der Waals surface area contributed by atoms with Crippen LogP contribution in [0.3, 0.4) is 0 Å². The molecule has 0 saturated heterocycles. The average Bonchev–Trinajstić information content (AvgIpc) is 3.44. The van der Waals surface area contributed by atoms with Crippen molar-refractivity contribution in [1.82, 2.24) is 9.97 Å². The van der Waals surface area contributed by atoms with E-state index in [1.807, 2.05) is 41.8 Å². The number of carbonyl (C=O) groups is 1. The number of hydrogen-bond acceptors (Lipinski definition) is 7. The highest BCUT2D eigenvalue weighted by atomic mass is 32.2. The third-order valence-corrected chi connectivity index (χ3v) is 5.92. The van der Waals surface area contributed by atoms with E-state index in [-0.39, 0.29) is 11.7 Å². The number of thioether (sulfide) groups is 1. The summed E-state index contributed by atoms with van der Waals surface area (Å²) in [5, 5.41) is 5.85. The maximum absolute atomic E-state index is 12.2. The molecule has 1 aliphatic rings. The Bertz CT molecular complexity index is 1140. The minimum Gasteiger partial charge on any atom is -0.493 e. The van der Waals surface area contributed by atoms with Crippen LogP contribution in [0.15, 0.2) is 57.5 Å². The number of amides is 1. The van der Waals surface area contributed by atoms with Gasteiger partial charge < -0.3 is 14.5 Å². The van der Waals surface area contributed by atoms with E-state index < -0.39 is 0 Å². The van der Waals surface area contributed by atoms with Crippen LogP contribution in [0.1, 0.15) is 5.56 Å². The van der Waals surface area contributed by atoms with Gasteiger partial charge in [-0.25, -0.2) is 9.97 Å². The summed E-state index contributed by atoms with van der Waals surface area (Å²) in [6, 6.07) is 13.6. The van der Waals surface area contributed by atoms with Crippen LogP contribution in [0.5, 0.6) is 5.75 Å². The third kappa shape index (κ3) is 3.48. The molecular weight excluding hydrogens is 394 g/mol. The number of benzene rings is 2. The van der Waals surface area contributed by atoms with Crippen LogP contribution in [0.4, 0.5) is 5.13 Å². The fraction of sp³-hybridized carbons (Fsp3) is 0.150.